The first-order chi connectivity index (χ1) is 31.5. The van der Waals surface area contributed by atoms with Crippen LogP contribution < -0.4 is 0 Å². The van der Waals surface area contributed by atoms with Crippen molar-refractivity contribution in [3.05, 3.63) is 192 Å². The number of para-hydroxylation sites is 1. The van der Waals surface area contributed by atoms with E-state index in [1.807, 2.05) is 122 Å². The van der Waals surface area contributed by atoms with Crippen LogP contribution in [0.1, 0.15) is 87.0 Å². The Morgan fingerprint density at radius 1 is 0.532 bits per heavy atom. The lowest BCUT2D eigenvalue weighted by atomic mass is 9.91. The normalized spacial score (nSPS) is 13.0. The largest absolute Gasteiger partial charge is 0.507 e. The van der Waals surface area contributed by atoms with Gasteiger partial charge in [0.05, 0.1) is 28.0 Å². The molecule has 0 unspecified atom stereocenters. The van der Waals surface area contributed by atoms with Crippen molar-refractivity contribution in [2.75, 3.05) is 0 Å². The van der Waals surface area contributed by atoms with Crippen LogP contribution in [0.2, 0.25) is 0 Å². The molecule has 0 atom stereocenters. The first-order valence-corrected chi connectivity index (χ1v) is 21.4. The third kappa shape index (κ3) is 7.74. The molecule has 2 heterocycles. The average molecular weight is 812 g/mol. The van der Waals surface area contributed by atoms with E-state index in [2.05, 4.69) is 88.4 Å². The van der Waals surface area contributed by atoms with Gasteiger partial charge >= 0.3 is 0 Å². The number of hydrogen-bond acceptors (Lipinski definition) is 3. The number of nitrogens with zero attached hydrogens (tertiary/aromatic N) is 3. The van der Waals surface area contributed by atoms with Gasteiger partial charge in [-0.1, -0.05) is 151 Å². The number of hydrogen-bond donors (Lipinski definition) is 1. The summed E-state index contributed by atoms with van der Waals surface area (Å²) >= 11 is 0. The summed E-state index contributed by atoms with van der Waals surface area (Å²) in [6.07, 6.45) is 1.84. The summed E-state index contributed by atoms with van der Waals surface area (Å²) in [7, 11) is 0. The number of benzene rings is 7. The molecule has 0 fully saturated rings. The number of fused-ring (bicyclic) bond motifs is 1. The second-order valence-electron chi connectivity index (χ2n) is 17.0. The zero-order valence-corrected chi connectivity index (χ0v) is 36.1. The van der Waals surface area contributed by atoms with Crippen molar-refractivity contribution in [3.63, 3.8) is 0 Å². The van der Waals surface area contributed by atoms with Crippen LogP contribution >= 0.6 is 0 Å². The maximum absolute atomic E-state index is 12.2. The molecule has 0 amide bonds. The smallest absolute Gasteiger partial charge is 0.149 e. The van der Waals surface area contributed by atoms with Gasteiger partial charge in [0.1, 0.15) is 11.6 Å². The lowest BCUT2D eigenvalue weighted by Crippen LogP contribution is -2.03. The lowest BCUT2D eigenvalue weighted by molar-refractivity contribution is 0.466. The van der Waals surface area contributed by atoms with Gasteiger partial charge in [0.2, 0.25) is 0 Å². The maximum atomic E-state index is 12.2. The molecule has 62 heavy (non-hydrogen) atoms. The number of rotatable bonds is 10. The first-order valence-electron chi connectivity index (χ1n) is 23.4. The van der Waals surface area contributed by atoms with Gasteiger partial charge in [-0.05, 0) is 140 Å². The van der Waals surface area contributed by atoms with E-state index in [0.29, 0.717) is 28.1 Å². The molecule has 2 aromatic heterocycles. The fourth-order valence-electron chi connectivity index (χ4n) is 8.41. The minimum atomic E-state index is -2.49. The number of pyridine rings is 1. The molecule has 0 saturated carbocycles. The van der Waals surface area contributed by atoms with Crippen molar-refractivity contribution < 1.29 is 10.6 Å². The Morgan fingerprint density at radius 3 is 1.85 bits per heavy atom. The van der Waals surface area contributed by atoms with Crippen LogP contribution in [0.3, 0.4) is 0 Å². The highest BCUT2D eigenvalue weighted by molar-refractivity contribution is 5.98. The zero-order valence-electron chi connectivity index (χ0n) is 40.1. The summed E-state index contributed by atoms with van der Waals surface area (Å²) in [4.78, 5) is 10.4. The number of aromatic hydroxyl groups is 1. The Bertz CT molecular complexity index is 3220. The van der Waals surface area contributed by atoms with Gasteiger partial charge in [0.15, 0.2) is 0 Å². The van der Waals surface area contributed by atoms with E-state index >= 15 is 0 Å². The second kappa shape index (κ2) is 16.8. The van der Waals surface area contributed by atoms with Crippen molar-refractivity contribution in [1.82, 2.24) is 14.5 Å². The van der Waals surface area contributed by atoms with Gasteiger partial charge < -0.3 is 5.11 Å². The second-order valence-corrected chi connectivity index (χ2v) is 17.0. The van der Waals surface area contributed by atoms with Gasteiger partial charge in [-0.3, -0.25) is 9.55 Å². The minimum Gasteiger partial charge on any atom is -0.507 e. The Morgan fingerprint density at radius 2 is 1.18 bits per heavy atom. The molecule has 306 valence electrons. The van der Waals surface area contributed by atoms with Crippen molar-refractivity contribution in [2.45, 2.75) is 66.1 Å². The number of aryl methyl sites for hydroxylation is 1. The zero-order chi connectivity index (χ0) is 46.5. The molecule has 0 aliphatic rings. The monoisotopic (exact) mass is 811 g/mol. The maximum Gasteiger partial charge on any atom is 0.149 e. The van der Waals surface area contributed by atoms with Crippen LogP contribution in [0.15, 0.2) is 170 Å². The predicted molar refractivity (Wildman–Crippen MR) is 260 cm³/mol. The lowest BCUT2D eigenvalue weighted by Gasteiger charge is -2.19. The molecule has 0 radical (unpaired) electrons. The molecule has 0 aliphatic heterocycles. The van der Waals surface area contributed by atoms with Crippen molar-refractivity contribution in [2.24, 2.45) is 0 Å². The molecule has 7 aromatic carbocycles. The number of imidazole rings is 1. The van der Waals surface area contributed by atoms with Crippen molar-refractivity contribution in [3.8, 4) is 78.6 Å². The van der Waals surface area contributed by atoms with E-state index < -0.39 is 12.7 Å². The van der Waals surface area contributed by atoms with Crippen molar-refractivity contribution >= 4 is 11.0 Å². The molecule has 4 nitrogen and oxygen atoms in total. The first kappa shape index (κ1) is 35.7. The highest BCUT2D eigenvalue weighted by Gasteiger charge is 2.24. The molecular formula is C58H53N3O. The van der Waals surface area contributed by atoms with Crippen molar-refractivity contribution in [1.29, 1.82) is 0 Å². The van der Waals surface area contributed by atoms with Crippen LogP contribution in [0.4, 0.5) is 0 Å². The van der Waals surface area contributed by atoms with Crippen LogP contribution in [0.25, 0.3) is 83.9 Å². The van der Waals surface area contributed by atoms with Gasteiger partial charge in [-0.25, -0.2) is 4.98 Å². The highest BCUT2D eigenvalue weighted by atomic mass is 16.3. The van der Waals surface area contributed by atoms with Gasteiger partial charge in [0.25, 0.3) is 0 Å². The Hall–Kier alpha value is -7.04. The summed E-state index contributed by atoms with van der Waals surface area (Å²) in [5, 5.41) is 12.2. The summed E-state index contributed by atoms with van der Waals surface area (Å²) in [5.41, 5.74) is 14.6. The van der Waals surface area contributed by atoms with Crippen LogP contribution in [0, 0.1) is 6.85 Å². The summed E-state index contributed by atoms with van der Waals surface area (Å²) < 4.78 is 37.2. The Balaban J connectivity index is 1.31. The molecule has 4 heteroatoms. The highest BCUT2D eigenvalue weighted by Crippen LogP contribution is 2.44. The average Bonchev–Trinajstić information content (AvgIpc) is 3.70. The molecule has 9 aromatic rings. The number of aromatic nitrogens is 3. The topological polar surface area (TPSA) is 50.9 Å². The van der Waals surface area contributed by atoms with Crippen LogP contribution in [-0.4, -0.2) is 19.6 Å². The third-order valence-electron chi connectivity index (χ3n) is 11.9. The van der Waals surface area contributed by atoms with Gasteiger partial charge in [0, 0.05) is 22.8 Å². The standard InChI is InChI=1S/C58H53N3O/c1-36(2)40-21-23-43(24-22-40)45-27-28-59-53(35-45)49-31-47(42-17-12-9-13-18-42)30-48(32-49)50-19-14-20-55-56(50)60-58(52-34-46(37(3)4)33-51(38(5)6)57(52)62)61(55)54-26-25-44(29-39(54)7)41-15-10-8-11-16-41/h8-38,62H,1-7H3/i7D3,36D. The SMILES string of the molecule is [2H]C([2H])([2H])c1cc(-c2ccccc2)ccc1-n1c(-c2cc(C(C)C)cc(C(C)C)c2O)nc2c(-c3cc(-c4ccccc4)cc(-c4cc(-c5ccc(C([2H])(C)C)cc5)ccn4)c3)cccc21. The quantitative estimate of drug-likeness (QED) is 0.150. The van der Waals surface area contributed by atoms with Gasteiger partial charge in [-0.15, -0.1) is 0 Å². The van der Waals surface area contributed by atoms with E-state index in [0.717, 1.165) is 72.5 Å². The van der Waals surface area contributed by atoms with Gasteiger partial charge in [-0.2, -0.15) is 0 Å². The summed E-state index contributed by atoms with van der Waals surface area (Å²) in [5.74, 6) is 0.0436. The molecule has 0 saturated heterocycles. The minimum absolute atomic E-state index is 0.0138. The molecule has 0 aliphatic carbocycles. The van der Waals surface area contributed by atoms with E-state index in [1.165, 1.54) is 0 Å². The fourth-order valence-corrected chi connectivity index (χ4v) is 8.41. The fraction of sp³-hybridized carbons (Fsp3) is 0.172. The van der Waals surface area contributed by atoms with E-state index in [-0.39, 0.29) is 23.1 Å². The number of phenols is 1. The molecule has 9 rings (SSSR count). The Labute approximate surface area is 371 Å². The molecule has 0 bridgehead atoms. The third-order valence-corrected chi connectivity index (χ3v) is 11.9. The molecular weight excluding hydrogens is 755 g/mol. The Kier molecular flexibility index (Phi) is 9.66. The predicted octanol–water partition coefficient (Wildman–Crippen LogP) is 15.8. The van der Waals surface area contributed by atoms with Crippen LogP contribution in [-0.2, 0) is 0 Å². The summed E-state index contributed by atoms with van der Waals surface area (Å²) in [6.45, 7) is 9.70. The van der Waals surface area contributed by atoms with Crippen LogP contribution in [0.5, 0.6) is 5.75 Å². The number of phenolic OH excluding ortho intramolecular Hbond substituents is 1. The van der Waals surface area contributed by atoms with E-state index in [9.17, 15) is 5.11 Å². The molecule has 1 N–H and O–H groups in total. The van der Waals surface area contributed by atoms with E-state index in [4.69, 9.17) is 15.5 Å². The summed E-state index contributed by atoms with van der Waals surface area (Å²) in [6, 6.07) is 54.6. The van der Waals surface area contributed by atoms with E-state index in [1.54, 1.807) is 6.07 Å². The molecule has 0 spiro atoms.